The molecule has 0 aliphatic carbocycles. The lowest BCUT2D eigenvalue weighted by atomic mass is 10.1. The van der Waals surface area contributed by atoms with Gasteiger partial charge < -0.3 is 19.5 Å². The van der Waals surface area contributed by atoms with E-state index >= 15 is 0 Å². The standard InChI is InChI=1S/C23H25N3O3/c1-16-20(17(2)29-25-16)15-28-19-9-7-8-18(14-19)23(27)24-21-10-3-4-11-22(21)26-12-5-6-13-26/h3-4,7-11,14H,5-6,12-13,15H2,1-2H3,(H,24,27). The van der Waals surface area contributed by atoms with E-state index in [1.54, 1.807) is 12.1 Å². The molecular formula is C23H25N3O3. The van der Waals surface area contributed by atoms with Gasteiger partial charge >= 0.3 is 0 Å². The van der Waals surface area contributed by atoms with Gasteiger partial charge in [-0.05, 0) is 57.0 Å². The number of hydrogen-bond acceptors (Lipinski definition) is 5. The van der Waals surface area contributed by atoms with Gasteiger partial charge in [-0.3, -0.25) is 4.79 Å². The first-order valence-electron chi connectivity index (χ1n) is 9.92. The van der Waals surface area contributed by atoms with Crippen molar-refractivity contribution < 1.29 is 14.1 Å². The van der Waals surface area contributed by atoms with Crippen molar-refractivity contribution in [3.63, 3.8) is 0 Å². The predicted octanol–water partition coefficient (Wildman–Crippen LogP) is 4.72. The molecule has 1 saturated heterocycles. The third-order valence-corrected chi connectivity index (χ3v) is 5.26. The SMILES string of the molecule is Cc1noc(C)c1COc1cccc(C(=O)Nc2ccccc2N2CCCC2)c1. The summed E-state index contributed by atoms with van der Waals surface area (Å²) in [6, 6.07) is 15.2. The fraction of sp³-hybridized carbons (Fsp3) is 0.304. The molecule has 2 aromatic carbocycles. The Morgan fingerprint density at radius 2 is 1.93 bits per heavy atom. The molecular weight excluding hydrogens is 366 g/mol. The second-order valence-electron chi connectivity index (χ2n) is 7.28. The summed E-state index contributed by atoms with van der Waals surface area (Å²) >= 11 is 0. The minimum Gasteiger partial charge on any atom is -0.489 e. The molecule has 150 valence electrons. The van der Waals surface area contributed by atoms with Gasteiger partial charge in [-0.1, -0.05) is 23.4 Å². The summed E-state index contributed by atoms with van der Waals surface area (Å²) in [7, 11) is 0. The maximum Gasteiger partial charge on any atom is 0.255 e. The summed E-state index contributed by atoms with van der Waals surface area (Å²) in [5.74, 6) is 1.22. The first-order valence-corrected chi connectivity index (χ1v) is 9.92. The van der Waals surface area contributed by atoms with E-state index in [4.69, 9.17) is 9.26 Å². The van der Waals surface area contributed by atoms with Crippen molar-refractivity contribution in [1.82, 2.24) is 5.16 Å². The maximum absolute atomic E-state index is 12.9. The molecule has 1 fully saturated rings. The van der Waals surface area contributed by atoms with E-state index in [0.29, 0.717) is 17.9 Å². The minimum absolute atomic E-state index is 0.153. The number of benzene rings is 2. The quantitative estimate of drug-likeness (QED) is 0.658. The van der Waals surface area contributed by atoms with E-state index in [2.05, 4.69) is 21.4 Å². The number of rotatable bonds is 6. The summed E-state index contributed by atoms with van der Waals surface area (Å²) in [5, 5.41) is 7.00. The lowest BCUT2D eigenvalue weighted by Crippen LogP contribution is -2.21. The average Bonchev–Trinajstić information content (AvgIpc) is 3.38. The molecule has 4 rings (SSSR count). The van der Waals surface area contributed by atoms with Crippen LogP contribution in [-0.4, -0.2) is 24.2 Å². The molecule has 0 radical (unpaired) electrons. The lowest BCUT2D eigenvalue weighted by molar-refractivity contribution is 0.102. The van der Waals surface area contributed by atoms with E-state index in [-0.39, 0.29) is 5.91 Å². The second-order valence-corrected chi connectivity index (χ2v) is 7.28. The average molecular weight is 391 g/mol. The summed E-state index contributed by atoms with van der Waals surface area (Å²) in [5.41, 5.74) is 4.21. The highest BCUT2D eigenvalue weighted by Gasteiger charge is 2.17. The monoisotopic (exact) mass is 391 g/mol. The van der Waals surface area contributed by atoms with Crippen LogP contribution in [0.25, 0.3) is 0 Å². The second kappa shape index (κ2) is 8.39. The summed E-state index contributed by atoms with van der Waals surface area (Å²) in [6.07, 6.45) is 2.37. The zero-order valence-corrected chi connectivity index (χ0v) is 16.8. The molecule has 1 amide bonds. The number of anilines is 2. The van der Waals surface area contributed by atoms with Gasteiger partial charge in [-0.25, -0.2) is 0 Å². The Hall–Kier alpha value is -3.28. The van der Waals surface area contributed by atoms with Crippen molar-refractivity contribution in [2.24, 2.45) is 0 Å². The van der Waals surface area contributed by atoms with Gasteiger partial charge in [0.05, 0.1) is 22.6 Å². The third-order valence-electron chi connectivity index (χ3n) is 5.26. The van der Waals surface area contributed by atoms with E-state index < -0.39 is 0 Å². The molecule has 0 bridgehead atoms. The molecule has 0 spiro atoms. The van der Waals surface area contributed by atoms with Crippen molar-refractivity contribution in [3.8, 4) is 5.75 Å². The highest BCUT2D eigenvalue weighted by Crippen LogP contribution is 2.29. The van der Waals surface area contributed by atoms with Crippen LogP contribution in [0.2, 0.25) is 0 Å². The van der Waals surface area contributed by atoms with Crippen molar-refractivity contribution >= 4 is 17.3 Å². The van der Waals surface area contributed by atoms with Crippen LogP contribution >= 0.6 is 0 Å². The fourth-order valence-electron chi connectivity index (χ4n) is 3.60. The van der Waals surface area contributed by atoms with E-state index in [1.165, 1.54) is 12.8 Å². The number of ether oxygens (including phenoxy) is 1. The van der Waals surface area contributed by atoms with E-state index in [0.717, 1.165) is 41.5 Å². The number of nitrogens with one attached hydrogen (secondary N) is 1. The van der Waals surface area contributed by atoms with Gasteiger partial charge in [0.2, 0.25) is 0 Å². The van der Waals surface area contributed by atoms with Crippen LogP contribution in [0.3, 0.4) is 0 Å². The van der Waals surface area contributed by atoms with Crippen molar-refractivity contribution in [2.75, 3.05) is 23.3 Å². The molecule has 29 heavy (non-hydrogen) atoms. The number of aromatic nitrogens is 1. The highest BCUT2D eigenvalue weighted by molar-refractivity contribution is 6.06. The van der Waals surface area contributed by atoms with Gasteiger partial charge in [0.25, 0.3) is 5.91 Å². The van der Waals surface area contributed by atoms with Crippen LogP contribution in [0.15, 0.2) is 53.1 Å². The highest BCUT2D eigenvalue weighted by atomic mass is 16.5. The Bertz CT molecular complexity index is 987. The van der Waals surface area contributed by atoms with Gasteiger partial charge in [0.15, 0.2) is 0 Å². The Kier molecular flexibility index (Phi) is 5.51. The minimum atomic E-state index is -0.153. The fourth-order valence-corrected chi connectivity index (χ4v) is 3.60. The number of aryl methyl sites for hydroxylation is 2. The maximum atomic E-state index is 12.9. The zero-order chi connectivity index (χ0) is 20.2. The number of nitrogens with zero attached hydrogens (tertiary/aromatic N) is 2. The number of para-hydroxylation sites is 2. The van der Waals surface area contributed by atoms with Crippen LogP contribution in [0.5, 0.6) is 5.75 Å². The molecule has 1 N–H and O–H groups in total. The molecule has 3 aromatic rings. The normalized spacial score (nSPS) is 13.5. The van der Waals surface area contributed by atoms with Crippen molar-refractivity contribution in [2.45, 2.75) is 33.3 Å². The zero-order valence-electron chi connectivity index (χ0n) is 16.8. The molecule has 1 aliphatic rings. The predicted molar refractivity (Wildman–Crippen MR) is 113 cm³/mol. The van der Waals surface area contributed by atoms with Gasteiger partial charge in [0, 0.05) is 18.7 Å². The van der Waals surface area contributed by atoms with Crippen molar-refractivity contribution in [1.29, 1.82) is 0 Å². The number of carbonyl (C=O) groups excluding carboxylic acids is 1. The van der Waals surface area contributed by atoms with Crippen LogP contribution in [0.4, 0.5) is 11.4 Å². The molecule has 0 saturated carbocycles. The molecule has 0 atom stereocenters. The lowest BCUT2D eigenvalue weighted by Gasteiger charge is -2.21. The van der Waals surface area contributed by atoms with E-state index in [9.17, 15) is 4.79 Å². The summed E-state index contributed by atoms with van der Waals surface area (Å²) < 4.78 is 11.0. The first-order chi connectivity index (χ1) is 14.1. The number of hydrogen-bond donors (Lipinski definition) is 1. The first kappa shape index (κ1) is 19.1. The van der Waals surface area contributed by atoms with Gasteiger partial charge in [-0.2, -0.15) is 0 Å². The Balaban J connectivity index is 1.47. The van der Waals surface area contributed by atoms with Crippen molar-refractivity contribution in [3.05, 3.63) is 71.1 Å². The largest absolute Gasteiger partial charge is 0.489 e. The molecule has 1 aliphatic heterocycles. The molecule has 6 heteroatoms. The number of amides is 1. The molecule has 6 nitrogen and oxygen atoms in total. The Morgan fingerprint density at radius 1 is 1.14 bits per heavy atom. The van der Waals surface area contributed by atoms with Gasteiger partial charge in [0.1, 0.15) is 18.1 Å². The van der Waals surface area contributed by atoms with Crippen LogP contribution in [0, 0.1) is 13.8 Å². The van der Waals surface area contributed by atoms with Crippen LogP contribution < -0.4 is 15.0 Å². The Morgan fingerprint density at radius 3 is 2.69 bits per heavy atom. The molecule has 2 heterocycles. The smallest absolute Gasteiger partial charge is 0.255 e. The van der Waals surface area contributed by atoms with E-state index in [1.807, 2.05) is 44.2 Å². The Labute approximate surface area is 170 Å². The number of carbonyl (C=O) groups is 1. The topological polar surface area (TPSA) is 67.6 Å². The molecule has 0 unspecified atom stereocenters. The summed E-state index contributed by atoms with van der Waals surface area (Å²) in [6.45, 7) is 6.15. The van der Waals surface area contributed by atoms with Gasteiger partial charge in [-0.15, -0.1) is 0 Å². The summed E-state index contributed by atoms with van der Waals surface area (Å²) in [4.78, 5) is 15.2. The van der Waals surface area contributed by atoms with Crippen LogP contribution in [-0.2, 0) is 6.61 Å². The molecule has 1 aromatic heterocycles. The van der Waals surface area contributed by atoms with Crippen LogP contribution in [0.1, 0.15) is 40.2 Å². The third kappa shape index (κ3) is 4.26.